The van der Waals surface area contributed by atoms with E-state index in [0.29, 0.717) is 19.1 Å². The Hall–Kier alpha value is -1.75. The first kappa shape index (κ1) is 13.7. The average Bonchev–Trinajstić information content (AvgIpc) is 3.26. The van der Waals surface area contributed by atoms with Crippen LogP contribution in [0.25, 0.3) is 0 Å². The molecule has 0 atom stereocenters. The van der Waals surface area contributed by atoms with Crippen LogP contribution in [0.1, 0.15) is 18.4 Å². The van der Waals surface area contributed by atoms with E-state index in [2.05, 4.69) is 10.6 Å². The van der Waals surface area contributed by atoms with Crippen LogP contribution in [-0.2, 0) is 11.3 Å². The van der Waals surface area contributed by atoms with E-state index in [0.717, 1.165) is 17.1 Å². The molecule has 0 radical (unpaired) electrons. The standard InChI is InChI=1S/C14H20N2O3/c1-18-12-6-3-10(13(7-12)19-2)8-16-14(17)9-15-11-4-5-11/h3,6-7,11,15H,4-5,8-9H2,1-2H3,(H,16,17). The third-order valence-electron chi connectivity index (χ3n) is 3.10. The van der Waals surface area contributed by atoms with Crippen LogP contribution in [0.5, 0.6) is 11.5 Å². The topological polar surface area (TPSA) is 59.6 Å². The molecule has 0 bridgehead atoms. The lowest BCUT2D eigenvalue weighted by molar-refractivity contribution is -0.120. The number of carbonyl (C=O) groups is 1. The number of ether oxygens (including phenoxy) is 2. The summed E-state index contributed by atoms with van der Waals surface area (Å²) < 4.78 is 10.4. The predicted molar refractivity (Wildman–Crippen MR) is 72.4 cm³/mol. The summed E-state index contributed by atoms with van der Waals surface area (Å²) in [7, 11) is 3.22. The summed E-state index contributed by atoms with van der Waals surface area (Å²) in [6.07, 6.45) is 2.36. The number of hydrogen-bond acceptors (Lipinski definition) is 4. The first-order valence-corrected chi connectivity index (χ1v) is 6.44. The molecule has 1 saturated carbocycles. The van der Waals surface area contributed by atoms with Crippen molar-refractivity contribution in [2.75, 3.05) is 20.8 Å². The second-order valence-electron chi connectivity index (χ2n) is 4.61. The van der Waals surface area contributed by atoms with Gasteiger partial charge >= 0.3 is 0 Å². The van der Waals surface area contributed by atoms with E-state index in [4.69, 9.17) is 9.47 Å². The molecule has 0 saturated heterocycles. The Balaban J connectivity index is 1.85. The monoisotopic (exact) mass is 264 g/mol. The van der Waals surface area contributed by atoms with E-state index in [9.17, 15) is 4.79 Å². The number of nitrogens with one attached hydrogen (secondary N) is 2. The molecule has 1 aliphatic rings. The molecule has 2 rings (SSSR count). The molecule has 1 aromatic rings. The maximum Gasteiger partial charge on any atom is 0.234 e. The molecule has 0 aliphatic heterocycles. The predicted octanol–water partition coefficient (Wildman–Crippen LogP) is 1.07. The molecule has 19 heavy (non-hydrogen) atoms. The van der Waals surface area contributed by atoms with Crippen LogP contribution in [0.2, 0.25) is 0 Å². The SMILES string of the molecule is COc1ccc(CNC(=O)CNC2CC2)c(OC)c1. The minimum Gasteiger partial charge on any atom is -0.497 e. The molecule has 0 unspecified atom stereocenters. The van der Waals surface area contributed by atoms with Gasteiger partial charge < -0.3 is 20.1 Å². The Labute approximate surface area is 113 Å². The first-order chi connectivity index (χ1) is 9.22. The second-order valence-corrected chi connectivity index (χ2v) is 4.61. The zero-order valence-electron chi connectivity index (χ0n) is 11.4. The fourth-order valence-electron chi connectivity index (χ4n) is 1.78. The molecule has 1 aromatic carbocycles. The smallest absolute Gasteiger partial charge is 0.234 e. The summed E-state index contributed by atoms with van der Waals surface area (Å²) in [5.74, 6) is 1.46. The van der Waals surface area contributed by atoms with Gasteiger partial charge in [0.05, 0.1) is 20.8 Å². The Bertz CT molecular complexity index is 444. The van der Waals surface area contributed by atoms with Crippen molar-refractivity contribution in [2.45, 2.75) is 25.4 Å². The summed E-state index contributed by atoms with van der Waals surface area (Å²) in [6.45, 7) is 0.835. The Morgan fingerprint density at radius 3 is 2.74 bits per heavy atom. The van der Waals surface area contributed by atoms with E-state index in [1.165, 1.54) is 12.8 Å². The van der Waals surface area contributed by atoms with Crippen molar-refractivity contribution in [3.05, 3.63) is 23.8 Å². The lowest BCUT2D eigenvalue weighted by Crippen LogP contribution is -2.34. The van der Waals surface area contributed by atoms with Crippen molar-refractivity contribution < 1.29 is 14.3 Å². The maximum absolute atomic E-state index is 11.6. The van der Waals surface area contributed by atoms with Gasteiger partial charge in [-0.2, -0.15) is 0 Å². The van der Waals surface area contributed by atoms with Crippen molar-refractivity contribution >= 4 is 5.91 Å². The molecule has 5 nitrogen and oxygen atoms in total. The van der Waals surface area contributed by atoms with E-state index >= 15 is 0 Å². The molecule has 2 N–H and O–H groups in total. The normalized spacial score (nSPS) is 14.0. The Morgan fingerprint density at radius 2 is 2.11 bits per heavy atom. The Kier molecular flexibility index (Phi) is 4.63. The van der Waals surface area contributed by atoms with Gasteiger partial charge in [0.15, 0.2) is 0 Å². The maximum atomic E-state index is 11.6. The number of amides is 1. The zero-order valence-corrected chi connectivity index (χ0v) is 11.4. The van der Waals surface area contributed by atoms with E-state index in [-0.39, 0.29) is 5.91 Å². The fraction of sp³-hybridized carbons (Fsp3) is 0.500. The van der Waals surface area contributed by atoms with Gasteiger partial charge in [-0.05, 0) is 25.0 Å². The van der Waals surface area contributed by atoms with Crippen LogP contribution in [0.4, 0.5) is 0 Å². The third-order valence-corrected chi connectivity index (χ3v) is 3.10. The second kappa shape index (κ2) is 6.43. The van der Waals surface area contributed by atoms with Crippen molar-refractivity contribution in [1.82, 2.24) is 10.6 Å². The van der Waals surface area contributed by atoms with Crippen LogP contribution < -0.4 is 20.1 Å². The van der Waals surface area contributed by atoms with Crippen molar-refractivity contribution in [2.24, 2.45) is 0 Å². The molecular formula is C14H20N2O3. The van der Waals surface area contributed by atoms with Gasteiger partial charge in [0, 0.05) is 24.2 Å². The van der Waals surface area contributed by atoms with Crippen molar-refractivity contribution in [3.63, 3.8) is 0 Å². The number of benzene rings is 1. The van der Waals surface area contributed by atoms with Gasteiger partial charge in [0.25, 0.3) is 0 Å². The van der Waals surface area contributed by atoms with E-state index < -0.39 is 0 Å². The minimum absolute atomic E-state index is 0.00442. The Morgan fingerprint density at radius 1 is 1.32 bits per heavy atom. The summed E-state index contributed by atoms with van der Waals surface area (Å²) >= 11 is 0. The molecule has 0 spiro atoms. The zero-order chi connectivity index (χ0) is 13.7. The van der Waals surface area contributed by atoms with Gasteiger partial charge in [-0.3, -0.25) is 4.79 Å². The quantitative estimate of drug-likeness (QED) is 0.773. The van der Waals surface area contributed by atoms with Crippen LogP contribution in [0.15, 0.2) is 18.2 Å². The van der Waals surface area contributed by atoms with Gasteiger partial charge in [0.1, 0.15) is 11.5 Å². The number of methoxy groups -OCH3 is 2. The highest BCUT2D eigenvalue weighted by Gasteiger charge is 2.21. The van der Waals surface area contributed by atoms with Crippen molar-refractivity contribution in [1.29, 1.82) is 0 Å². The summed E-state index contributed by atoms with van der Waals surface area (Å²) in [6, 6.07) is 6.10. The lowest BCUT2D eigenvalue weighted by atomic mass is 10.2. The highest BCUT2D eigenvalue weighted by Crippen LogP contribution is 2.24. The largest absolute Gasteiger partial charge is 0.497 e. The molecule has 1 fully saturated rings. The third kappa shape index (κ3) is 4.13. The van der Waals surface area contributed by atoms with Gasteiger partial charge in [-0.1, -0.05) is 0 Å². The fourth-order valence-corrected chi connectivity index (χ4v) is 1.78. The molecule has 104 valence electrons. The van der Waals surface area contributed by atoms with Gasteiger partial charge in [-0.25, -0.2) is 0 Å². The first-order valence-electron chi connectivity index (χ1n) is 6.44. The van der Waals surface area contributed by atoms with Crippen LogP contribution in [0, 0.1) is 0 Å². The molecule has 0 aromatic heterocycles. The molecule has 0 heterocycles. The van der Waals surface area contributed by atoms with E-state index in [1.807, 2.05) is 18.2 Å². The van der Waals surface area contributed by atoms with Crippen molar-refractivity contribution in [3.8, 4) is 11.5 Å². The summed E-state index contributed by atoms with van der Waals surface area (Å²) in [4.78, 5) is 11.6. The van der Waals surface area contributed by atoms with Crippen LogP contribution >= 0.6 is 0 Å². The van der Waals surface area contributed by atoms with Crippen LogP contribution in [-0.4, -0.2) is 32.7 Å². The minimum atomic E-state index is 0.00442. The highest BCUT2D eigenvalue weighted by atomic mass is 16.5. The van der Waals surface area contributed by atoms with E-state index in [1.54, 1.807) is 14.2 Å². The lowest BCUT2D eigenvalue weighted by Gasteiger charge is -2.11. The average molecular weight is 264 g/mol. The molecule has 1 aliphatic carbocycles. The molecule has 1 amide bonds. The molecule has 5 heteroatoms. The number of carbonyl (C=O) groups excluding carboxylic acids is 1. The van der Waals surface area contributed by atoms with Crippen LogP contribution in [0.3, 0.4) is 0 Å². The van der Waals surface area contributed by atoms with Gasteiger partial charge in [-0.15, -0.1) is 0 Å². The summed E-state index contributed by atoms with van der Waals surface area (Å²) in [5, 5.41) is 6.05. The highest BCUT2D eigenvalue weighted by molar-refractivity contribution is 5.78. The molecular weight excluding hydrogens is 244 g/mol. The number of hydrogen-bond donors (Lipinski definition) is 2. The summed E-state index contributed by atoms with van der Waals surface area (Å²) in [5.41, 5.74) is 0.933. The number of rotatable bonds is 7. The van der Waals surface area contributed by atoms with Gasteiger partial charge in [0.2, 0.25) is 5.91 Å².